The first-order valence-corrected chi connectivity index (χ1v) is 7.78. The van der Waals surface area contributed by atoms with Crippen molar-refractivity contribution in [3.63, 3.8) is 0 Å². The van der Waals surface area contributed by atoms with E-state index in [0.717, 1.165) is 23.1 Å². The van der Waals surface area contributed by atoms with Crippen LogP contribution in [0.3, 0.4) is 0 Å². The Morgan fingerprint density at radius 2 is 2.24 bits per heavy atom. The summed E-state index contributed by atoms with van der Waals surface area (Å²) in [6.45, 7) is 3.73. The monoisotopic (exact) mass is 306 g/mol. The van der Waals surface area contributed by atoms with Gasteiger partial charge in [0.2, 0.25) is 0 Å². The molecule has 1 aromatic carbocycles. The van der Waals surface area contributed by atoms with Gasteiger partial charge in [-0.1, -0.05) is 13.3 Å². The van der Waals surface area contributed by atoms with Crippen molar-refractivity contribution in [2.45, 2.75) is 32.7 Å². The van der Waals surface area contributed by atoms with Crippen LogP contribution in [0.5, 0.6) is 0 Å². The minimum absolute atomic E-state index is 0.0924. The van der Waals surface area contributed by atoms with Crippen LogP contribution in [0.15, 0.2) is 23.7 Å². The summed E-state index contributed by atoms with van der Waals surface area (Å²) >= 11 is 1.46. The molecular formula is C15H18N2O3S. The van der Waals surface area contributed by atoms with Crippen molar-refractivity contribution in [2.24, 2.45) is 0 Å². The Bertz CT molecular complexity index is 639. The van der Waals surface area contributed by atoms with Crippen LogP contribution >= 0.6 is 11.3 Å². The number of fused-ring (bicyclic) bond motifs is 1. The van der Waals surface area contributed by atoms with Crippen LogP contribution in [0.25, 0.3) is 10.2 Å². The predicted octanol–water partition coefficient (Wildman–Crippen LogP) is 2.76. The first kappa shape index (κ1) is 15.4. The highest BCUT2D eigenvalue weighted by Crippen LogP contribution is 2.19. The fourth-order valence-corrected chi connectivity index (χ4v) is 2.73. The van der Waals surface area contributed by atoms with Gasteiger partial charge in [0, 0.05) is 6.04 Å². The second-order valence-corrected chi connectivity index (χ2v) is 5.75. The van der Waals surface area contributed by atoms with Gasteiger partial charge < -0.3 is 10.1 Å². The largest absolute Gasteiger partial charge is 0.452 e. The van der Waals surface area contributed by atoms with Gasteiger partial charge in [-0.2, -0.15) is 0 Å². The molecule has 1 N–H and O–H groups in total. The number of nitrogens with one attached hydrogen (secondary N) is 1. The highest BCUT2D eigenvalue weighted by molar-refractivity contribution is 7.16. The summed E-state index contributed by atoms with van der Waals surface area (Å²) in [7, 11) is 0. The van der Waals surface area contributed by atoms with E-state index < -0.39 is 5.97 Å². The number of rotatable bonds is 6. The third kappa shape index (κ3) is 4.26. The maximum atomic E-state index is 11.9. The molecule has 21 heavy (non-hydrogen) atoms. The van der Waals surface area contributed by atoms with E-state index in [0.29, 0.717) is 5.56 Å². The Labute approximate surface area is 127 Å². The second-order valence-electron chi connectivity index (χ2n) is 4.87. The van der Waals surface area contributed by atoms with Gasteiger partial charge in [-0.3, -0.25) is 4.79 Å². The Hall–Kier alpha value is -1.95. The molecule has 5 nitrogen and oxygen atoms in total. The van der Waals surface area contributed by atoms with Gasteiger partial charge in [0.25, 0.3) is 5.91 Å². The molecule has 0 radical (unpaired) electrons. The zero-order chi connectivity index (χ0) is 15.2. The predicted molar refractivity (Wildman–Crippen MR) is 82.4 cm³/mol. The van der Waals surface area contributed by atoms with Gasteiger partial charge in [0.1, 0.15) is 0 Å². The number of thiazole rings is 1. The lowest BCUT2D eigenvalue weighted by atomic mass is 10.2. The highest BCUT2D eigenvalue weighted by Gasteiger charge is 2.12. The fraction of sp³-hybridized carbons (Fsp3) is 0.400. The van der Waals surface area contributed by atoms with Crippen molar-refractivity contribution in [1.29, 1.82) is 0 Å². The summed E-state index contributed by atoms with van der Waals surface area (Å²) in [5, 5.41) is 2.79. The number of carbonyl (C=O) groups excluding carboxylic acids is 2. The highest BCUT2D eigenvalue weighted by atomic mass is 32.1. The molecule has 1 heterocycles. The van der Waals surface area contributed by atoms with Crippen molar-refractivity contribution in [3.05, 3.63) is 29.3 Å². The summed E-state index contributed by atoms with van der Waals surface area (Å²) in [5.41, 5.74) is 3.01. The summed E-state index contributed by atoms with van der Waals surface area (Å²) < 4.78 is 5.95. The van der Waals surface area contributed by atoms with Gasteiger partial charge in [0.15, 0.2) is 6.61 Å². The third-order valence-electron chi connectivity index (χ3n) is 3.03. The Morgan fingerprint density at radius 1 is 1.43 bits per heavy atom. The van der Waals surface area contributed by atoms with E-state index in [1.165, 1.54) is 11.3 Å². The molecule has 1 atom stereocenters. The van der Waals surface area contributed by atoms with Gasteiger partial charge in [-0.15, -0.1) is 11.3 Å². The van der Waals surface area contributed by atoms with E-state index in [1.807, 2.05) is 6.92 Å². The van der Waals surface area contributed by atoms with Crippen molar-refractivity contribution in [2.75, 3.05) is 6.61 Å². The second kappa shape index (κ2) is 7.17. The van der Waals surface area contributed by atoms with Crippen LogP contribution in [0.2, 0.25) is 0 Å². The quantitative estimate of drug-likeness (QED) is 0.833. The van der Waals surface area contributed by atoms with Crippen LogP contribution in [0.1, 0.15) is 37.0 Å². The third-order valence-corrected chi connectivity index (χ3v) is 3.82. The number of ether oxygens (including phenoxy) is 1. The fourth-order valence-electron chi connectivity index (χ4n) is 2.02. The van der Waals surface area contributed by atoms with E-state index in [2.05, 4.69) is 17.2 Å². The lowest BCUT2D eigenvalue weighted by molar-refractivity contribution is -0.124. The molecular weight excluding hydrogens is 288 g/mol. The molecule has 0 aliphatic heterocycles. The van der Waals surface area contributed by atoms with Gasteiger partial charge in [-0.05, 0) is 31.5 Å². The van der Waals surface area contributed by atoms with E-state index in [4.69, 9.17) is 4.74 Å². The molecule has 0 bridgehead atoms. The number of aromatic nitrogens is 1. The van der Waals surface area contributed by atoms with Crippen molar-refractivity contribution < 1.29 is 14.3 Å². The SMILES string of the molecule is CCC[C@H](C)NC(=O)COC(=O)c1ccc2ncsc2c1. The van der Waals surface area contributed by atoms with Crippen molar-refractivity contribution in [3.8, 4) is 0 Å². The number of carbonyl (C=O) groups is 2. The zero-order valence-electron chi connectivity index (χ0n) is 12.1. The topological polar surface area (TPSA) is 68.3 Å². The molecule has 0 saturated heterocycles. The first-order valence-electron chi connectivity index (χ1n) is 6.90. The molecule has 0 fully saturated rings. The molecule has 2 rings (SSSR count). The van der Waals surface area contributed by atoms with Crippen LogP contribution in [0.4, 0.5) is 0 Å². The summed E-state index contributed by atoms with van der Waals surface area (Å²) in [5.74, 6) is -0.772. The first-order chi connectivity index (χ1) is 10.1. The molecule has 0 unspecified atom stereocenters. The standard InChI is InChI=1S/C15H18N2O3S/c1-3-4-10(2)17-14(18)8-20-15(19)11-5-6-12-13(7-11)21-9-16-12/h5-7,9-10H,3-4,8H2,1-2H3,(H,17,18)/t10-/m0/s1. The lowest BCUT2D eigenvalue weighted by Crippen LogP contribution is -2.35. The molecule has 0 saturated carbocycles. The lowest BCUT2D eigenvalue weighted by Gasteiger charge is -2.12. The maximum Gasteiger partial charge on any atom is 0.338 e. The molecule has 1 aromatic heterocycles. The molecule has 0 spiro atoms. The Morgan fingerprint density at radius 3 is 3.00 bits per heavy atom. The number of esters is 1. The summed E-state index contributed by atoms with van der Waals surface area (Å²) in [4.78, 5) is 27.7. The number of hydrogen-bond acceptors (Lipinski definition) is 5. The van der Waals surface area contributed by atoms with E-state index in [-0.39, 0.29) is 18.6 Å². The average Bonchev–Trinajstić information content (AvgIpc) is 2.92. The molecule has 2 aromatic rings. The van der Waals surface area contributed by atoms with E-state index >= 15 is 0 Å². The molecule has 6 heteroatoms. The molecule has 112 valence electrons. The number of benzene rings is 1. The van der Waals surface area contributed by atoms with Crippen LogP contribution in [0, 0.1) is 0 Å². The van der Waals surface area contributed by atoms with E-state index in [9.17, 15) is 9.59 Å². The van der Waals surface area contributed by atoms with Crippen LogP contribution in [-0.2, 0) is 9.53 Å². The Balaban J connectivity index is 1.87. The molecule has 1 amide bonds. The average molecular weight is 306 g/mol. The normalized spacial score (nSPS) is 12.1. The van der Waals surface area contributed by atoms with Gasteiger partial charge >= 0.3 is 5.97 Å². The number of nitrogens with zero attached hydrogens (tertiary/aromatic N) is 1. The van der Waals surface area contributed by atoms with Crippen LogP contribution < -0.4 is 5.32 Å². The van der Waals surface area contributed by atoms with Crippen LogP contribution in [-0.4, -0.2) is 29.5 Å². The molecule has 0 aliphatic rings. The summed E-state index contributed by atoms with van der Waals surface area (Å²) in [6, 6.07) is 5.25. The van der Waals surface area contributed by atoms with E-state index in [1.54, 1.807) is 23.7 Å². The number of amides is 1. The van der Waals surface area contributed by atoms with Crippen molar-refractivity contribution >= 4 is 33.4 Å². The molecule has 0 aliphatic carbocycles. The Kier molecular flexibility index (Phi) is 5.27. The maximum absolute atomic E-state index is 11.9. The summed E-state index contributed by atoms with van der Waals surface area (Å²) in [6.07, 6.45) is 1.90. The van der Waals surface area contributed by atoms with Gasteiger partial charge in [-0.25, -0.2) is 9.78 Å². The van der Waals surface area contributed by atoms with Gasteiger partial charge in [0.05, 0.1) is 21.3 Å². The minimum Gasteiger partial charge on any atom is -0.452 e. The zero-order valence-corrected chi connectivity index (χ0v) is 12.9. The minimum atomic E-state index is -0.497. The smallest absolute Gasteiger partial charge is 0.338 e. The number of hydrogen-bond donors (Lipinski definition) is 1. The van der Waals surface area contributed by atoms with Crippen molar-refractivity contribution in [1.82, 2.24) is 10.3 Å².